The van der Waals surface area contributed by atoms with Gasteiger partial charge in [0.1, 0.15) is 24.2 Å². The highest BCUT2D eigenvalue weighted by atomic mass is 32.1. The lowest BCUT2D eigenvalue weighted by Gasteiger charge is -2.34. The minimum Gasteiger partial charge on any atom is -0.491 e. The second-order valence-corrected chi connectivity index (χ2v) is 7.09. The van der Waals surface area contributed by atoms with Crippen LogP contribution in [0.3, 0.4) is 0 Å². The van der Waals surface area contributed by atoms with Gasteiger partial charge in [-0.25, -0.2) is 0 Å². The summed E-state index contributed by atoms with van der Waals surface area (Å²) in [7, 11) is 0. The molecule has 1 aliphatic heterocycles. The van der Waals surface area contributed by atoms with Crippen LogP contribution in [0.5, 0.6) is 5.75 Å². The van der Waals surface area contributed by atoms with Crippen molar-refractivity contribution in [1.29, 1.82) is 5.26 Å². The number of piperazine rings is 1. The van der Waals surface area contributed by atoms with E-state index in [1.807, 2.05) is 18.2 Å². The molecule has 1 aliphatic rings. The van der Waals surface area contributed by atoms with E-state index in [1.54, 1.807) is 17.6 Å². The molecule has 0 bridgehead atoms. The van der Waals surface area contributed by atoms with Crippen LogP contribution < -0.4 is 9.64 Å². The zero-order chi connectivity index (χ0) is 17.8. The van der Waals surface area contributed by atoms with E-state index in [-0.39, 0.29) is 0 Å². The largest absolute Gasteiger partial charge is 0.491 e. The van der Waals surface area contributed by atoms with E-state index < -0.39 is 0 Å². The van der Waals surface area contributed by atoms with Gasteiger partial charge in [-0.05, 0) is 35.8 Å². The molecule has 3 aromatic rings. The van der Waals surface area contributed by atoms with Crippen molar-refractivity contribution in [3.8, 4) is 11.8 Å². The number of para-hydroxylation sites is 1. The molecule has 0 unspecified atom stereocenters. The van der Waals surface area contributed by atoms with Crippen molar-refractivity contribution in [2.24, 2.45) is 0 Å². The Morgan fingerprint density at radius 1 is 1.04 bits per heavy atom. The molecule has 0 atom stereocenters. The zero-order valence-corrected chi connectivity index (χ0v) is 15.3. The van der Waals surface area contributed by atoms with E-state index in [0.29, 0.717) is 17.9 Å². The molecular formula is C20H20N4OS. The van der Waals surface area contributed by atoms with Crippen LogP contribution in [0, 0.1) is 11.3 Å². The van der Waals surface area contributed by atoms with E-state index in [4.69, 9.17) is 10.00 Å². The van der Waals surface area contributed by atoms with Crippen molar-refractivity contribution < 1.29 is 4.74 Å². The summed E-state index contributed by atoms with van der Waals surface area (Å²) < 4.78 is 11.7. The highest BCUT2D eigenvalue weighted by molar-refractivity contribution is 7.13. The summed E-state index contributed by atoms with van der Waals surface area (Å²) in [6.45, 7) is 5.40. The number of benzene rings is 2. The summed E-state index contributed by atoms with van der Waals surface area (Å²) in [4.78, 5) is 4.78. The van der Waals surface area contributed by atoms with Crippen molar-refractivity contribution in [3.63, 3.8) is 0 Å². The predicted molar refractivity (Wildman–Crippen MR) is 105 cm³/mol. The maximum Gasteiger partial charge on any atom is 0.150 e. The first-order valence-corrected chi connectivity index (χ1v) is 9.56. The molecule has 1 fully saturated rings. The van der Waals surface area contributed by atoms with E-state index in [1.165, 1.54) is 10.1 Å². The van der Waals surface area contributed by atoms with Gasteiger partial charge in [0.15, 0.2) is 0 Å². The Bertz CT molecular complexity index is 925. The molecule has 0 amide bonds. The Balaban J connectivity index is 1.29. The Kier molecular flexibility index (Phi) is 5.00. The van der Waals surface area contributed by atoms with Gasteiger partial charge in [-0.1, -0.05) is 24.3 Å². The summed E-state index contributed by atoms with van der Waals surface area (Å²) in [6, 6.07) is 18.0. The standard InChI is InChI=1S/C20H20N4OS/c21-15-16-5-1-3-7-18(16)25-14-13-23-9-11-24(12-10-23)20-17-6-2-4-8-19(17)26-22-20/h1-8H,9-14H2. The summed E-state index contributed by atoms with van der Waals surface area (Å²) >= 11 is 1.57. The average molecular weight is 364 g/mol. The van der Waals surface area contributed by atoms with Gasteiger partial charge in [0.2, 0.25) is 0 Å². The second-order valence-electron chi connectivity index (χ2n) is 6.29. The normalized spacial score (nSPS) is 15.1. The highest BCUT2D eigenvalue weighted by Gasteiger charge is 2.20. The quantitative estimate of drug-likeness (QED) is 0.695. The lowest BCUT2D eigenvalue weighted by Crippen LogP contribution is -2.47. The fourth-order valence-corrected chi connectivity index (χ4v) is 4.05. The van der Waals surface area contributed by atoms with Gasteiger partial charge < -0.3 is 9.64 Å². The van der Waals surface area contributed by atoms with Crippen molar-refractivity contribution in [2.45, 2.75) is 0 Å². The first-order chi connectivity index (χ1) is 12.8. The SMILES string of the molecule is N#Cc1ccccc1OCCN1CCN(c2nsc3ccccc23)CC1. The van der Waals surface area contributed by atoms with Crippen LogP contribution in [-0.4, -0.2) is 48.6 Å². The minimum atomic E-state index is 0.590. The molecule has 5 nitrogen and oxygen atoms in total. The first-order valence-electron chi connectivity index (χ1n) is 8.79. The number of hydrogen-bond donors (Lipinski definition) is 0. The molecule has 0 radical (unpaired) electrons. The van der Waals surface area contributed by atoms with Crippen LogP contribution in [0.15, 0.2) is 48.5 Å². The Hall–Kier alpha value is -2.62. The third kappa shape index (κ3) is 3.50. The van der Waals surface area contributed by atoms with Crippen LogP contribution in [0.2, 0.25) is 0 Å². The Morgan fingerprint density at radius 2 is 1.81 bits per heavy atom. The van der Waals surface area contributed by atoms with Crippen LogP contribution in [-0.2, 0) is 0 Å². The molecule has 0 aliphatic carbocycles. The monoisotopic (exact) mass is 364 g/mol. The number of rotatable bonds is 5. The third-order valence-electron chi connectivity index (χ3n) is 4.70. The van der Waals surface area contributed by atoms with Crippen molar-refractivity contribution in [2.75, 3.05) is 44.2 Å². The molecule has 0 saturated carbocycles. The van der Waals surface area contributed by atoms with E-state index in [9.17, 15) is 0 Å². The van der Waals surface area contributed by atoms with Crippen molar-refractivity contribution >= 4 is 27.4 Å². The summed E-state index contributed by atoms with van der Waals surface area (Å²) in [5.74, 6) is 1.78. The lowest BCUT2D eigenvalue weighted by atomic mass is 10.2. The van der Waals surface area contributed by atoms with E-state index >= 15 is 0 Å². The number of anilines is 1. The van der Waals surface area contributed by atoms with Crippen molar-refractivity contribution in [1.82, 2.24) is 9.27 Å². The molecule has 1 aromatic heterocycles. The number of nitrogens with zero attached hydrogens (tertiary/aromatic N) is 4. The zero-order valence-electron chi connectivity index (χ0n) is 14.5. The Labute approximate surface area is 157 Å². The number of fused-ring (bicyclic) bond motifs is 1. The number of nitriles is 1. The van der Waals surface area contributed by atoms with Crippen LogP contribution in [0.25, 0.3) is 10.1 Å². The molecule has 26 heavy (non-hydrogen) atoms. The molecule has 0 spiro atoms. The molecule has 0 N–H and O–H groups in total. The first kappa shape index (κ1) is 16.8. The van der Waals surface area contributed by atoms with Gasteiger partial charge >= 0.3 is 0 Å². The lowest BCUT2D eigenvalue weighted by molar-refractivity contribution is 0.200. The number of aromatic nitrogens is 1. The van der Waals surface area contributed by atoms with Gasteiger partial charge in [0.25, 0.3) is 0 Å². The van der Waals surface area contributed by atoms with Gasteiger partial charge in [-0.3, -0.25) is 4.90 Å². The molecule has 2 aromatic carbocycles. The van der Waals surface area contributed by atoms with Crippen molar-refractivity contribution in [3.05, 3.63) is 54.1 Å². The Morgan fingerprint density at radius 3 is 2.65 bits per heavy atom. The smallest absolute Gasteiger partial charge is 0.150 e. The molecule has 6 heteroatoms. The number of hydrogen-bond acceptors (Lipinski definition) is 6. The van der Waals surface area contributed by atoms with Gasteiger partial charge in [-0.2, -0.15) is 9.64 Å². The van der Waals surface area contributed by atoms with Gasteiger partial charge in [0.05, 0.1) is 10.3 Å². The second kappa shape index (κ2) is 7.73. The average Bonchev–Trinajstić information content (AvgIpc) is 3.13. The predicted octanol–water partition coefficient (Wildman–Crippen LogP) is 3.37. The van der Waals surface area contributed by atoms with Crippen LogP contribution in [0.1, 0.15) is 5.56 Å². The minimum absolute atomic E-state index is 0.590. The molecule has 4 rings (SSSR count). The van der Waals surface area contributed by atoms with E-state index in [0.717, 1.165) is 38.5 Å². The van der Waals surface area contributed by atoms with Gasteiger partial charge in [-0.15, -0.1) is 0 Å². The topological polar surface area (TPSA) is 52.4 Å². The number of ether oxygens (including phenoxy) is 1. The van der Waals surface area contributed by atoms with Crippen LogP contribution in [0.4, 0.5) is 5.82 Å². The highest BCUT2D eigenvalue weighted by Crippen LogP contribution is 2.29. The summed E-state index contributed by atoms with van der Waals surface area (Å²) in [6.07, 6.45) is 0. The van der Waals surface area contributed by atoms with Gasteiger partial charge in [0, 0.05) is 38.1 Å². The molecule has 132 valence electrons. The molecular weight excluding hydrogens is 344 g/mol. The fourth-order valence-electron chi connectivity index (χ4n) is 3.25. The fraction of sp³-hybridized carbons (Fsp3) is 0.300. The van der Waals surface area contributed by atoms with Crippen LogP contribution >= 0.6 is 11.5 Å². The molecule has 1 saturated heterocycles. The molecule has 2 heterocycles. The maximum atomic E-state index is 9.11. The summed E-state index contributed by atoms with van der Waals surface area (Å²) in [5.41, 5.74) is 0.590. The third-order valence-corrected chi connectivity index (χ3v) is 5.52. The van der Waals surface area contributed by atoms with E-state index in [2.05, 4.69) is 44.5 Å². The summed E-state index contributed by atoms with van der Waals surface area (Å²) in [5, 5.41) is 10.4. The maximum absolute atomic E-state index is 9.11.